The third-order valence-corrected chi connectivity index (χ3v) is 3.93. The van der Waals surface area contributed by atoms with E-state index in [1.165, 1.54) is 44.1 Å². The predicted molar refractivity (Wildman–Crippen MR) is 72.0 cm³/mol. The Morgan fingerprint density at radius 1 is 1.24 bits per heavy atom. The van der Waals surface area contributed by atoms with Gasteiger partial charge in [-0.25, -0.2) is 0 Å². The zero-order valence-electron chi connectivity index (χ0n) is 10.9. The SMILES string of the molecule is CCCc1cccc(C(O)C2CCCCC2)c1. The highest BCUT2D eigenvalue weighted by atomic mass is 16.3. The molecule has 1 heteroatoms. The number of benzene rings is 1. The molecule has 1 nitrogen and oxygen atoms in total. The van der Waals surface area contributed by atoms with Gasteiger partial charge in [0.2, 0.25) is 0 Å². The molecule has 1 aromatic rings. The van der Waals surface area contributed by atoms with E-state index in [4.69, 9.17) is 0 Å². The van der Waals surface area contributed by atoms with Crippen molar-refractivity contribution in [3.05, 3.63) is 35.4 Å². The maximum Gasteiger partial charge on any atom is 0.0818 e. The summed E-state index contributed by atoms with van der Waals surface area (Å²) in [5, 5.41) is 10.4. The van der Waals surface area contributed by atoms with Gasteiger partial charge in [-0.3, -0.25) is 0 Å². The number of aryl methyl sites for hydroxylation is 1. The van der Waals surface area contributed by atoms with E-state index in [-0.39, 0.29) is 6.10 Å². The van der Waals surface area contributed by atoms with Gasteiger partial charge < -0.3 is 5.11 Å². The zero-order chi connectivity index (χ0) is 12.1. The molecule has 1 aromatic carbocycles. The van der Waals surface area contributed by atoms with Crippen LogP contribution >= 0.6 is 0 Å². The van der Waals surface area contributed by atoms with Crippen LogP contribution in [0.15, 0.2) is 24.3 Å². The lowest BCUT2D eigenvalue weighted by Gasteiger charge is -2.27. The van der Waals surface area contributed by atoms with Crippen molar-refractivity contribution in [2.45, 2.75) is 58.0 Å². The number of aliphatic hydroxyl groups excluding tert-OH is 1. The van der Waals surface area contributed by atoms with Gasteiger partial charge in [-0.2, -0.15) is 0 Å². The minimum absolute atomic E-state index is 0.243. The summed E-state index contributed by atoms with van der Waals surface area (Å²) < 4.78 is 0. The number of hydrogen-bond donors (Lipinski definition) is 1. The number of rotatable bonds is 4. The maximum absolute atomic E-state index is 10.4. The predicted octanol–water partition coefficient (Wildman–Crippen LogP) is 4.25. The molecule has 0 aliphatic heterocycles. The molecule has 1 unspecified atom stereocenters. The van der Waals surface area contributed by atoms with Crippen molar-refractivity contribution in [2.75, 3.05) is 0 Å². The van der Waals surface area contributed by atoms with Crippen LogP contribution in [-0.4, -0.2) is 5.11 Å². The van der Waals surface area contributed by atoms with E-state index in [9.17, 15) is 5.11 Å². The van der Waals surface area contributed by atoms with Crippen molar-refractivity contribution >= 4 is 0 Å². The summed E-state index contributed by atoms with van der Waals surface area (Å²) in [7, 11) is 0. The maximum atomic E-state index is 10.4. The minimum atomic E-state index is -0.243. The largest absolute Gasteiger partial charge is 0.388 e. The van der Waals surface area contributed by atoms with Gasteiger partial charge in [0, 0.05) is 0 Å². The molecule has 0 heterocycles. The molecule has 1 saturated carbocycles. The molecule has 17 heavy (non-hydrogen) atoms. The molecule has 94 valence electrons. The molecule has 1 N–H and O–H groups in total. The number of hydrogen-bond acceptors (Lipinski definition) is 1. The topological polar surface area (TPSA) is 20.2 Å². The quantitative estimate of drug-likeness (QED) is 0.822. The minimum Gasteiger partial charge on any atom is -0.388 e. The van der Waals surface area contributed by atoms with Crippen molar-refractivity contribution in [1.29, 1.82) is 0 Å². The first-order valence-corrected chi connectivity index (χ1v) is 7.08. The fourth-order valence-electron chi connectivity index (χ4n) is 2.94. The monoisotopic (exact) mass is 232 g/mol. The van der Waals surface area contributed by atoms with Gasteiger partial charge in [-0.15, -0.1) is 0 Å². The fraction of sp³-hybridized carbons (Fsp3) is 0.625. The van der Waals surface area contributed by atoms with Gasteiger partial charge in [0.15, 0.2) is 0 Å². The highest BCUT2D eigenvalue weighted by molar-refractivity contribution is 5.25. The molecule has 1 aliphatic carbocycles. The second-order valence-corrected chi connectivity index (χ2v) is 5.34. The summed E-state index contributed by atoms with van der Waals surface area (Å²) >= 11 is 0. The van der Waals surface area contributed by atoms with Gasteiger partial charge in [0.1, 0.15) is 0 Å². The van der Waals surface area contributed by atoms with E-state index in [1.807, 2.05) is 0 Å². The normalized spacial score (nSPS) is 19.2. The Balaban J connectivity index is 2.06. The Kier molecular flexibility index (Phi) is 4.61. The summed E-state index contributed by atoms with van der Waals surface area (Å²) in [6.07, 6.45) is 8.35. The number of aliphatic hydroxyl groups is 1. The summed E-state index contributed by atoms with van der Waals surface area (Å²) in [6, 6.07) is 8.54. The van der Waals surface area contributed by atoms with Crippen molar-refractivity contribution in [2.24, 2.45) is 5.92 Å². The van der Waals surface area contributed by atoms with Crippen molar-refractivity contribution in [3.63, 3.8) is 0 Å². The van der Waals surface area contributed by atoms with Crippen LogP contribution in [0.5, 0.6) is 0 Å². The zero-order valence-corrected chi connectivity index (χ0v) is 10.9. The molecular weight excluding hydrogens is 208 g/mol. The van der Waals surface area contributed by atoms with Crippen LogP contribution in [0.4, 0.5) is 0 Å². The van der Waals surface area contributed by atoms with E-state index in [0.29, 0.717) is 5.92 Å². The van der Waals surface area contributed by atoms with E-state index < -0.39 is 0 Å². The molecular formula is C16H24O. The van der Waals surface area contributed by atoms with Gasteiger partial charge in [-0.1, -0.05) is 56.9 Å². The summed E-state index contributed by atoms with van der Waals surface area (Å²) in [5.41, 5.74) is 2.49. The average Bonchev–Trinajstić information content (AvgIpc) is 2.40. The Hall–Kier alpha value is -0.820. The molecule has 0 radical (unpaired) electrons. The lowest BCUT2D eigenvalue weighted by molar-refractivity contribution is 0.0848. The van der Waals surface area contributed by atoms with E-state index in [2.05, 4.69) is 31.2 Å². The van der Waals surface area contributed by atoms with Crippen LogP contribution in [0.1, 0.15) is 62.7 Å². The second kappa shape index (κ2) is 6.20. The standard InChI is InChI=1S/C16H24O/c1-2-7-13-8-6-11-15(12-13)16(17)14-9-4-3-5-10-14/h6,8,11-12,14,16-17H,2-5,7,9-10H2,1H3. The molecule has 0 saturated heterocycles. The third kappa shape index (κ3) is 3.32. The Bertz CT molecular complexity index is 339. The molecule has 2 rings (SSSR count). The molecule has 0 bridgehead atoms. The summed E-state index contributed by atoms with van der Waals surface area (Å²) in [4.78, 5) is 0. The molecule has 0 aromatic heterocycles. The van der Waals surface area contributed by atoms with Crippen molar-refractivity contribution < 1.29 is 5.11 Å². The lowest BCUT2D eigenvalue weighted by atomic mass is 9.82. The third-order valence-electron chi connectivity index (χ3n) is 3.93. The molecule has 0 spiro atoms. The molecule has 0 amide bonds. The summed E-state index contributed by atoms with van der Waals surface area (Å²) in [6.45, 7) is 2.20. The van der Waals surface area contributed by atoms with E-state index >= 15 is 0 Å². The first-order chi connectivity index (χ1) is 8.31. The van der Waals surface area contributed by atoms with Crippen LogP contribution in [0.25, 0.3) is 0 Å². The van der Waals surface area contributed by atoms with Crippen molar-refractivity contribution in [3.8, 4) is 0 Å². The Morgan fingerprint density at radius 2 is 2.00 bits per heavy atom. The average molecular weight is 232 g/mol. The highest BCUT2D eigenvalue weighted by Gasteiger charge is 2.22. The molecule has 1 aliphatic rings. The smallest absolute Gasteiger partial charge is 0.0818 e. The fourth-order valence-corrected chi connectivity index (χ4v) is 2.94. The molecule has 1 atom stereocenters. The van der Waals surface area contributed by atoms with Gasteiger partial charge >= 0.3 is 0 Å². The first kappa shape index (κ1) is 12.6. The lowest BCUT2D eigenvalue weighted by Crippen LogP contribution is -2.16. The Labute approximate surface area is 105 Å². The van der Waals surface area contributed by atoms with Crippen molar-refractivity contribution in [1.82, 2.24) is 0 Å². The van der Waals surface area contributed by atoms with Crippen LogP contribution in [0.2, 0.25) is 0 Å². The first-order valence-electron chi connectivity index (χ1n) is 7.08. The van der Waals surface area contributed by atoms with Crippen LogP contribution in [-0.2, 0) is 6.42 Å². The highest BCUT2D eigenvalue weighted by Crippen LogP contribution is 2.34. The van der Waals surface area contributed by atoms with Crippen LogP contribution in [0.3, 0.4) is 0 Å². The van der Waals surface area contributed by atoms with Crippen LogP contribution in [0, 0.1) is 5.92 Å². The van der Waals surface area contributed by atoms with E-state index in [0.717, 1.165) is 12.0 Å². The second-order valence-electron chi connectivity index (χ2n) is 5.34. The molecule has 1 fully saturated rings. The van der Waals surface area contributed by atoms with Gasteiger partial charge in [-0.05, 0) is 36.3 Å². The van der Waals surface area contributed by atoms with Gasteiger partial charge in [0.25, 0.3) is 0 Å². The van der Waals surface area contributed by atoms with Crippen LogP contribution < -0.4 is 0 Å². The van der Waals surface area contributed by atoms with Gasteiger partial charge in [0.05, 0.1) is 6.10 Å². The van der Waals surface area contributed by atoms with E-state index in [1.54, 1.807) is 0 Å². The summed E-state index contributed by atoms with van der Waals surface area (Å²) in [5.74, 6) is 0.487. The Morgan fingerprint density at radius 3 is 2.71 bits per heavy atom.